The van der Waals surface area contributed by atoms with Gasteiger partial charge in [-0.25, -0.2) is 9.50 Å². The number of nitrogens with one attached hydrogen (secondary N) is 1. The lowest BCUT2D eigenvalue weighted by Crippen LogP contribution is -2.24. The Balaban J connectivity index is 1.72. The molecule has 31 heavy (non-hydrogen) atoms. The molecule has 0 radical (unpaired) electrons. The fraction of sp³-hybridized carbons (Fsp3) is 0.208. The van der Waals surface area contributed by atoms with E-state index in [1.165, 1.54) is 5.56 Å². The molecule has 7 heteroatoms. The van der Waals surface area contributed by atoms with Crippen molar-refractivity contribution in [2.75, 3.05) is 0 Å². The number of carbonyl (C=O) groups is 1. The average Bonchev–Trinajstić information content (AvgIpc) is 3.09. The van der Waals surface area contributed by atoms with E-state index in [9.17, 15) is 4.79 Å². The first-order valence-corrected chi connectivity index (χ1v) is 10.7. The van der Waals surface area contributed by atoms with E-state index in [2.05, 4.69) is 43.3 Å². The lowest BCUT2D eigenvalue weighted by atomic mass is 9.86. The fourth-order valence-electron chi connectivity index (χ4n) is 3.38. The molecule has 0 aliphatic heterocycles. The SMILES string of the molecule is CC(C)(C)c1ccc(-c2nc3ccc(Cl)nn3c2CNC(=O)c2ccccc2Cl)cc1. The maximum atomic E-state index is 12.7. The normalized spacial score (nSPS) is 11.6. The van der Waals surface area contributed by atoms with Gasteiger partial charge < -0.3 is 5.32 Å². The molecule has 0 fully saturated rings. The summed E-state index contributed by atoms with van der Waals surface area (Å²) in [6.07, 6.45) is 0. The molecule has 0 saturated carbocycles. The van der Waals surface area contributed by atoms with E-state index in [1.54, 1.807) is 34.8 Å². The Morgan fingerprint density at radius 1 is 1.00 bits per heavy atom. The smallest absolute Gasteiger partial charge is 0.253 e. The Labute approximate surface area is 191 Å². The summed E-state index contributed by atoms with van der Waals surface area (Å²) in [7, 11) is 0. The highest BCUT2D eigenvalue weighted by molar-refractivity contribution is 6.33. The average molecular weight is 453 g/mol. The predicted molar refractivity (Wildman–Crippen MR) is 125 cm³/mol. The van der Waals surface area contributed by atoms with E-state index in [-0.39, 0.29) is 17.9 Å². The van der Waals surface area contributed by atoms with E-state index in [4.69, 9.17) is 28.2 Å². The zero-order chi connectivity index (χ0) is 22.2. The number of fused-ring (bicyclic) bond motifs is 1. The van der Waals surface area contributed by atoms with Crippen molar-refractivity contribution in [1.82, 2.24) is 19.9 Å². The molecule has 2 aromatic carbocycles. The topological polar surface area (TPSA) is 59.3 Å². The van der Waals surface area contributed by atoms with Gasteiger partial charge in [-0.3, -0.25) is 4.79 Å². The van der Waals surface area contributed by atoms with E-state index >= 15 is 0 Å². The van der Waals surface area contributed by atoms with Crippen molar-refractivity contribution in [2.24, 2.45) is 0 Å². The van der Waals surface area contributed by atoms with Gasteiger partial charge in [0.05, 0.1) is 28.5 Å². The standard InChI is InChI=1S/C24H22Cl2N4O/c1-24(2,3)16-10-8-15(9-11-16)22-19(30-21(28-22)13-12-20(26)29-30)14-27-23(31)17-6-4-5-7-18(17)25/h4-13H,14H2,1-3H3,(H,27,31). The van der Waals surface area contributed by atoms with Crippen molar-refractivity contribution in [3.05, 3.63) is 87.7 Å². The molecular weight excluding hydrogens is 431 g/mol. The second kappa shape index (κ2) is 8.33. The first-order chi connectivity index (χ1) is 14.7. The summed E-state index contributed by atoms with van der Waals surface area (Å²) in [5.41, 5.74) is 4.78. The van der Waals surface area contributed by atoms with Crippen molar-refractivity contribution in [3.63, 3.8) is 0 Å². The highest BCUT2D eigenvalue weighted by Gasteiger charge is 2.19. The second-order valence-electron chi connectivity index (χ2n) is 8.32. The van der Waals surface area contributed by atoms with Crippen molar-refractivity contribution in [3.8, 4) is 11.3 Å². The van der Waals surface area contributed by atoms with Crippen molar-refractivity contribution in [2.45, 2.75) is 32.7 Å². The Morgan fingerprint density at radius 3 is 2.39 bits per heavy atom. The summed E-state index contributed by atoms with van der Waals surface area (Å²) < 4.78 is 1.67. The molecule has 0 bridgehead atoms. The van der Waals surface area contributed by atoms with Crippen LogP contribution in [0.2, 0.25) is 10.2 Å². The third kappa shape index (κ3) is 4.43. The maximum absolute atomic E-state index is 12.7. The van der Waals surface area contributed by atoms with E-state index in [0.717, 1.165) is 17.0 Å². The van der Waals surface area contributed by atoms with Gasteiger partial charge in [0.25, 0.3) is 5.91 Å². The molecule has 2 heterocycles. The van der Waals surface area contributed by atoms with Gasteiger partial charge in [0.2, 0.25) is 0 Å². The molecule has 2 aromatic heterocycles. The Kier molecular flexibility index (Phi) is 5.73. The zero-order valence-corrected chi connectivity index (χ0v) is 19.0. The quantitative estimate of drug-likeness (QED) is 0.417. The molecular formula is C24H22Cl2N4O. The number of carbonyl (C=O) groups excluding carboxylic acids is 1. The minimum atomic E-state index is -0.267. The molecule has 158 valence electrons. The van der Waals surface area contributed by atoms with Crippen molar-refractivity contribution in [1.29, 1.82) is 0 Å². The van der Waals surface area contributed by atoms with Gasteiger partial charge in [-0.05, 0) is 35.2 Å². The van der Waals surface area contributed by atoms with Crippen LogP contribution in [-0.4, -0.2) is 20.5 Å². The fourth-order valence-corrected chi connectivity index (χ4v) is 3.74. The van der Waals surface area contributed by atoms with Gasteiger partial charge in [0, 0.05) is 5.56 Å². The molecule has 0 aliphatic carbocycles. The van der Waals surface area contributed by atoms with Crippen LogP contribution in [0.1, 0.15) is 42.4 Å². The van der Waals surface area contributed by atoms with Crippen LogP contribution < -0.4 is 5.32 Å². The highest BCUT2D eigenvalue weighted by Crippen LogP contribution is 2.28. The number of aromatic nitrogens is 3. The Morgan fingerprint density at radius 2 is 1.71 bits per heavy atom. The molecule has 0 spiro atoms. The number of amides is 1. The van der Waals surface area contributed by atoms with Crippen LogP contribution in [0.3, 0.4) is 0 Å². The van der Waals surface area contributed by atoms with Gasteiger partial charge in [0.15, 0.2) is 5.65 Å². The molecule has 4 aromatic rings. The van der Waals surface area contributed by atoms with E-state index < -0.39 is 0 Å². The molecule has 1 amide bonds. The minimum Gasteiger partial charge on any atom is -0.346 e. The number of halogens is 2. The zero-order valence-electron chi connectivity index (χ0n) is 17.5. The third-order valence-electron chi connectivity index (χ3n) is 5.10. The monoisotopic (exact) mass is 452 g/mol. The first kappa shape index (κ1) is 21.3. The summed E-state index contributed by atoms with van der Waals surface area (Å²) in [6.45, 7) is 6.74. The van der Waals surface area contributed by atoms with Crippen LogP contribution in [0.25, 0.3) is 16.9 Å². The van der Waals surface area contributed by atoms with E-state index in [0.29, 0.717) is 21.4 Å². The number of hydrogen-bond acceptors (Lipinski definition) is 3. The lowest BCUT2D eigenvalue weighted by molar-refractivity contribution is 0.0950. The van der Waals surface area contributed by atoms with Crippen LogP contribution in [0.4, 0.5) is 0 Å². The van der Waals surface area contributed by atoms with Crippen LogP contribution in [0.15, 0.2) is 60.7 Å². The molecule has 5 nitrogen and oxygen atoms in total. The molecule has 1 N–H and O–H groups in total. The van der Waals surface area contributed by atoms with Gasteiger partial charge in [-0.1, -0.05) is 80.4 Å². The summed E-state index contributed by atoms with van der Waals surface area (Å²) >= 11 is 12.3. The molecule has 4 rings (SSSR count). The van der Waals surface area contributed by atoms with Crippen LogP contribution in [-0.2, 0) is 12.0 Å². The number of benzene rings is 2. The molecule has 0 saturated heterocycles. The summed E-state index contributed by atoms with van der Waals surface area (Å²) in [6, 6.07) is 18.7. The van der Waals surface area contributed by atoms with Gasteiger partial charge in [-0.2, -0.15) is 5.10 Å². The Bertz CT molecular complexity index is 1260. The minimum absolute atomic E-state index is 0.0538. The van der Waals surface area contributed by atoms with E-state index in [1.807, 2.05) is 18.2 Å². The van der Waals surface area contributed by atoms with Crippen LogP contribution in [0.5, 0.6) is 0 Å². The summed E-state index contributed by atoms with van der Waals surface area (Å²) in [4.78, 5) is 17.4. The number of nitrogens with zero attached hydrogens (tertiary/aromatic N) is 3. The Hall–Kier alpha value is -2.89. The third-order valence-corrected chi connectivity index (χ3v) is 5.63. The van der Waals surface area contributed by atoms with Crippen molar-refractivity contribution < 1.29 is 4.79 Å². The number of imidazole rings is 1. The van der Waals surface area contributed by atoms with Crippen LogP contribution in [0, 0.1) is 0 Å². The van der Waals surface area contributed by atoms with Gasteiger partial charge in [0.1, 0.15) is 5.15 Å². The largest absolute Gasteiger partial charge is 0.346 e. The number of hydrogen-bond donors (Lipinski definition) is 1. The second-order valence-corrected chi connectivity index (χ2v) is 9.12. The van der Waals surface area contributed by atoms with Gasteiger partial charge in [-0.15, -0.1) is 0 Å². The first-order valence-electron chi connectivity index (χ1n) is 9.92. The molecule has 0 atom stereocenters. The van der Waals surface area contributed by atoms with Crippen molar-refractivity contribution >= 4 is 34.8 Å². The summed E-state index contributed by atoms with van der Waals surface area (Å²) in [5.74, 6) is -0.267. The predicted octanol–water partition coefficient (Wildman–Crippen LogP) is 5.93. The van der Waals surface area contributed by atoms with Gasteiger partial charge >= 0.3 is 0 Å². The van der Waals surface area contributed by atoms with Crippen LogP contribution >= 0.6 is 23.2 Å². The highest BCUT2D eigenvalue weighted by atomic mass is 35.5. The molecule has 0 aliphatic rings. The maximum Gasteiger partial charge on any atom is 0.253 e. The number of rotatable bonds is 4. The lowest BCUT2D eigenvalue weighted by Gasteiger charge is -2.19. The molecule has 0 unspecified atom stereocenters. The summed E-state index contributed by atoms with van der Waals surface area (Å²) in [5, 5.41) is 8.07.